The number of amides is 2. The van der Waals surface area contributed by atoms with E-state index in [0.717, 1.165) is 6.42 Å². The molecule has 3 aliphatic rings. The van der Waals surface area contributed by atoms with E-state index in [0.29, 0.717) is 16.1 Å². The van der Waals surface area contributed by atoms with Crippen LogP contribution in [0.25, 0.3) is 0 Å². The van der Waals surface area contributed by atoms with Gasteiger partial charge in [-0.15, -0.1) is 23.1 Å². The first-order valence-electron chi connectivity index (χ1n) is 12.4. The number of β-lactam (4-membered cyclic amide) rings is 1. The standard InChI is InChI=1S/C25H28N4O8S2/c1-3-17-13(2)36-25(37-17)16-12-39-23-20(27-18(30)10-19-26-8-9-38-19)22(31)28(23)21(16)24(32)35-11-14-4-6-15(7-5-14)29(33)34/h4-9,12-13,17,20-21,23,25,29,33H,3,10-11H2,1-2H3,(H,27,30). The van der Waals surface area contributed by atoms with Crippen LogP contribution in [-0.4, -0.2) is 68.8 Å². The number of ether oxygens (including phenoxy) is 3. The minimum Gasteiger partial charge on any atom is -0.595 e. The van der Waals surface area contributed by atoms with E-state index in [-0.39, 0.29) is 36.8 Å². The van der Waals surface area contributed by atoms with Gasteiger partial charge in [-0.2, -0.15) is 5.23 Å². The van der Waals surface area contributed by atoms with E-state index in [1.807, 2.05) is 13.8 Å². The Morgan fingerprint density at radius 1 is 1.28 bits per heavy atom. The summed E-state index contributed by atoms with van der Waals surface area (Å²) in [4.78, 5) is 44.8. The molecule has 12 nitrogen and oxygen atoms in total. The highest BCUT2D eigenvalue weighted by Crippen LogP contribution is 2.43. The second kappa shape index (κ2) is 11.7. The monoisotopic (exact) mass is 576 g/mol. The molecule has 2 saturated heterocycles. The van der Waals surface area contributed by atoms with Crippen molar-refractivity contribution in [2.45, 2.75) is 69.3 Å². The van der Waals surface area contributed by atoms with Gasteiger partial charge in [0.05, 0.1) is 18.6 Å². The lowest BCUT2D eigenvalue weighted by atomic mass is 9.97. The number of fused-ring (bicyclic) bond motifs is 1. The van der Waals surface area contributed by atoms with Gasteiger partial charge in [-0.3, -0.25) is 9.59 Å². The molecule has 2 amide bonds. The van der Waals surface area contributed by atoms with Crippen LogP contribution in [0.4, 0.5) is 5.69 Å². The van der Waals surface area contributed by atoms with Crippen molar-refractivity contribution in [2.24, 2.45) is 0 Å². The van der Waals surface area contributed by atoms with Gasteiger partial charge in [-0.1, -0.05) is 6.92 Å². The third kappa shape index (κ3) is 5.72. The molecule has 3 aliphatic heterocycles. The van der Waals surface area contributed by atoms with Crippen LogP contribution in [0, 0.1) is 5.21 Å². The van der Waals surface area contributed by atoms with Crippen molar-refractivity contribution in [3.05, 3.63) is 62.6 Å². The van der Waals surface area contributed by atoms with Crippen LogP contribution in [0.1, 0.15) is 30.8 Å². The number of esters is 1. The lowest BCUT2D eigenvalue weighted by Crippen LogP contribution is -2.99. The number of quaternary nitrogens is 1. The first kappa shape index (κ1) is 27.7. The van der Waals surface area contributed by atoms with Gasteiger partial charge in [0.1, 0.15) is 23.0 Å². The number of thiazole rings is 1. The second-order valence-electron chi connectivity index (χ2n) is 9.31. The fraction of sp³-hybridized carbons (Fsp3) is 0.440. The van der Waals surface area contributed by atoms with Gasteiger partial charge in [0.15, 0.2) is 18.0 Å². The summed E-state index contributed by atoms with van der Waals surface area (Å²) < 4.78 is 17.6. The van der Waals surface area contributed by atoms with Crippen molar-refractivity contribution < 1.29 is 39.0 Å². The first-order valence-corrected chi connectivity index (χ1v) is 14.2. The molecular weight excluding hydrogens is 548 g/mol. The third-order valence-corrected chi connectivity index (χ3v) is 8.74. The van der Waals surface area contributed by atoms with Crippen molar-refractivity contribution >= 4 is 46.6 Å². The summed E-state index contributed by atoms with van der Waals surface area (Å²) >= 11 is 2.67. The molecule has 1 aromatic carbocycles. The summed E-state index contributed by atoms with van der Waals surface area (Å²) in [7, 11) is 0. The quantitative estimate of drug-likeness (QED) is 0.224. The number of benzene rings is 1. The molecule has 0 saturated carbocycles. The molecule has 208 valence electrons. The molecule has 0 spiro atoms. The second-order valence-corrected chi connectivity index (χ2v) is 11.3. The molecule has 39 heavy (non-hydrogen) atoms. The Kier molecular flexibility index (Phi) is 8.32. The van der Waals surface area contributed by atoms with E-state index in [1.54, 1.807) is 29.1 Å². The summed E-state index contributed by atoms with van der Waals surface area (Å²) in [5.74, 6) is -1.41. The highest BCUT2D eigenvalue weighted by atomic mass is 32.2. The number of nitrogens with one attached hydrogen (secondary N) is 2. The predicted molar refractivity (Wildman–Crippen MR) is 139 cm³/mol. The molecule has 3 N–H and O–H groups in total. The number of carbonyl (C=O) groups excluding carboxylic acids is 3. The highest BCUT2D eigenvalue weighted by Gasteiger charge is 2.58. The molecular formula is C25H28N4O8S2. The minimum atomic E-state index is -1.10. The molecule has 1 aromatic heterocycles. The van der Waals surface area contributed by atoms with E-state index >= 15 is 0 Å². The maximum absolute atomic E-state index is 13.5. The average molecular weight is 577 g/mol. The summed E-state index contributed by atoms with van der Waals surface area (Å²) in [5.41, 5.74) is 1.17. The molecule has 7 unspecified atom stereocenters. The smallest absolute Gasteiger partial charge is 0.333 e. The van der Waals surface area contributed by atoms with Crippen molar-refractivity contribution in [1.82, 2.24) is 15.2 Å². The zero-order chi connectivity index (χ0) is 27.7. The zero-order valence-electron chi connectivity index (χ0n) is 21.1. The Bertz CT molecular complexity index is 1240. The van der Waals surface area contributed by atoms with Gasteiger partial charge >= 0.3 is 5.97 Å². The molecule has 2 aromatic rings. The fourth-order valence-corrected chi connectivity index (χ4v) is 6.54. The third-order valence-electron chi connectivity index (χ3n) is 6.77. The largest absolute Gasteiger partial charge is 0.595 e. The van der Waals surface area contributed by atoms with Crippen LogP contribution < -0.4 is 10.5 Å². The summed E-state index contributed by atoms with van der Waals surface area (Å²) in [6, 6.07) is 4.08. The Morgan fingerprint density at radius 3 is 2.69 bits per heavy atom. The van der Waals surface area contributed by atoms with Crippen LogP contribution in [0.5, 0.6) is 0 Å². The number of nitrogens with zero attached hydrogens (tertiary/aromatic N) is 2. The molecule has 4 heterocycles. The number of carbonyl (C=O) groups is 3. The molecule has 7 atom stereocenters. The number of rotatable bonds is 9. The molecule has 2 fully saturated rings. The Hall–Kier alpha value is -2.85. The number of thioether (sulfide) groups is 1. The summed E-state index contributed by atoms with van der Waals surface area (Å²) in [5, 5.41) is 25.6. The number of hydrogen-bond acceptors (Lipinski definition) is 11. The van der Waals surface area contributed by atoms with Gasteiger partial charge in [0.25, 0.3) is 0 Å². The van der Waals surface area contributed by atoms with E-state index in [2.05, 4.69) is 10.3 Å². The predicted octanol–water partition coefficient (Wildman–Crippen LogP) is 1.02. The lowest BCUT2D eigenvalue weighted by Gasteiger charge is -2.52. The van der Waals surface area contributed by atoms with Crippen LogP contribution in [0.3, 0.4) is 0 Å². The van der Waals surface area contributed by atoms with E-state index in [4.69, 9.17) is 19.4 Å². The maximum Gasteiger partial charge on any atom is 0.333 e. The Labute approximate surface area is 232 Å². The van der Waals surface area contributed by atoms with Gasteiger partial charge in [0.2, 0.25) is 11.8 Å². The van der Waals surface area contributed by atoms with E-state index in [9.17, 15) is 19.6 Å². The molecule has 0 aliphatic carbocycles. The fourth-order valence-electron chi connectivity index (χ4n) is 4.69. The molecule has 0 radical (unpaired) electrons. The van der Waals surface area contributed by atoms with Crippen molar-refractivity contribution in [3.8, 4) is 0 Å². The SMILES string of the molecule is CCC1OC(C2=CSC3C(NC(=O)Cc4nccs4)C(=O)N3C2C(=O)OCc2ccc([NH+]([O-])O)cc2)OC1C. The van der Waals surface area contributed by atoms with Gasteiger partial charge in [0, 0.05) is 29.3 Å². The Morgan fingerprint density at radius 2 is 2.05 bits per heavy atom. The van der Waals surface area contributed by atoms with Gasteiger partial charge in [-0.25, -0.2) is 15.0 Å². The Balaban J connectivity index is 1.32. The van der Waals surface area contributed by atoms with Crippen LogP contribution in [0.15, 0.2) is 46.8 Å². The first-order chi connectivity index (χ1) is 18.8. The van der Waals surface area contributed by atoms with Crippen LogP contribution in [0.2, 0.25) is 0 Å². The summed E-state index contributed by atoms with van der Waals surface area (Å²) in [6.07, 6.45) is 1.22. The van der Waals surface area contributed by atoms with Gasteiger partial charge in [-0.05, 0) is 36.4 Å². The van der Waals surface area contributed by atoms with Crippen molar-refractivity contribution in [3.63, 3.8) is 0 Å². The maximum atomic E-state index is 13.5. The van der Waals surface area contributed by atoms with Crippen molar-refractivity contribution in [2.75, 3.05) is 0 Å². The van der Waals surface area contributed by atoms with E-state index in [1.165, 1.54) is 40.1 Å². The van der Waals surface area contributed by atoms with Crippen LogP contribution >= 0.6 is 23.1 Å². The molecule has 14 heteroatoms. The number of hydrogen-bond donors (Lipinski definition) is 3. The van der Waals surface area contributed by atoms with Crippen LogP contribution in [-0.2, 0) is 41.6 Å². The lowest BCUT2D eigenvalue weighted by molar-refractivity contribution is -0.991. The average Bonchev–Trinajstić information content (AvgIpc) is 3.58. The highest BCUT2D eigenvalue weighted by molar-refractivity contribution is 8.03. The topological polar surface area (TPSA) is 155 Å². The summed E-state index contributed by atoms with van der Waals surface area (Å²) in [6.45, 7) is 3.76. The zero-order valence-corrected chi connectivity index (χ0v) is 22.8. The van der Waals surface area contributed by atoms with Gasteiger partial charge < -0.3 is 29.6 Å². The van der Waals surface area contributed by atoms with Crippen molar-refractivity contribution in [1.29, 1.82) is 0 Å². The normalized spacial score (nSPS) is 28.8. The number of aromatic nitrogens is 1. The molecule has 0 bridgehead atoms. The molecule has 5 rings (SSSR count). The van der Waals surface area contributed by atoms with E-state index < -0.39 is 40.9 Å². The minimum absolute atomic E-state index is 0.0616.